The molecule has 0 radical (unpaired) electrons. The molecule has 0 aliphatic carbocycles. The van der Waals surface area contributed by atoms with Gasteiger partial charge in [-0.25, -0.2) is 4.98 Å². The molecule has 80 valence electrons. The Bertz CT molecular complexity index is 520. The normalized spacial score (nSPS) is 10.1. The molecule has 0 saturated carbocycles. The molecule has 0 N–H and O–H groups in total. The summed E-state index contributed by atoms with van der Waals surface area (Å²) in [6.07, 6.45) is 1.55. The number of carbonyl (C=O) groups excluding carboxylic acids is 1. The molecule has 4 heteroatoms. The lowest BCUT2D eigenvalue weighted by Gasteiger charge is -2.01. The third-order valence-corrected chi connectivity index (χ3v) is 2.22. The lowest BCUT2D eigenvalue weighted by atomic mass is 10.1. The van der Waals surface area contributed by atoms with Gasteiger partial charge >= 0.3 is 0 Å². The molecule has 0 bridgehead atoms. The number of Topliss-reactive ketones (excluding diaryl/α,β-unsaturated/α-hetero) is 1. The zero-order valence-corrected chi connectivity index (χ0v) is 9.14. The molecule has 2 rings (SSSR count). The van der Waals surface area contributed by atoms with Crippen LogP contribution in [0.15, 0.2) is 30.5 Å². The van der Waals surface area contributed by atoms with Crippen molar-refractivity contribution in [3.63, 3.8) is 0 Å². The summed E-state index contributed by atoms with van der Waals surface area (Å²) in [5.41, 5.74) is 2.78. The molecule has 1 aromatic carbocycles. The number of benzene rings is 1. The largest absolute Gasteiger partial charge is 0.291 e. The topological polar surface area (TPSA) is 55.7 Å². The molecular weight excluding hydrogens is 202 g/mol. The smallest absolute Gasteiger partial charge is 0.218 e. The Labute approximate surface area is 93.4 Å². The summed E-state index contributed by atoms with van der Waals surface area (Å²) in [6, 6.07) is 7.88. The number of hydrogen-bond acceptors (Lipinski definition) is 4. The van der Waals surface area contributed by atoms with E-state index >= 15 is 0 Å². The maximum Gasteiger partial charge on any atom is 0.218 e. The summed E-state index contributed by atoms with van der Waals surface area (Å²) in [7, 11) is 0. The van der Waals surface area contributed by atoms with Crippen LogP contribution in [0, 0.1) is 6.92 Å². The highest BCUT2D eigenvalue weighted by atomic mass is 16.1. The number of hydrogen-bond donors (Lipinski definition) is 0. The quantitative estimate of drug-likeness (QED) is 0.716. The molecule has 0 atom stereocenters. The predicted molar refractivity (Wildman–Crippen MR) is 60.0 cm³/mol. The van der Waals surface area contributed by atoms with E-state index in [1.807, 2.05) is 31.2 Å². The Balaban J connectivity index is 2.44. The third kappa shape index (κ3) is 2.11. The highest BCUT2D eigenvalue weighted by molar-refractivity contribution is 5.90. The van der Waals surface area contributed by atoms with Crippen molar-refractivity contribution in [2.75, 3.05) is 0 Å². The fraction of sp³-hybridized carbons (Fsp3) is 0.167. The minimum atomic E-state index is -0.179. The van der Waals surface area contributed by atoms with E-state index in [4.69, 9.17) is 0 Å². The Morgan fingerprint density at radius 1 is 1.19 bits per heavy atom. The van der Waals surface area contributed by atoms with Crippen molar-refractivity contribution in [1.82, 2.24) is 15.2 Å². The maximum absolute atomic E-state index is 11.1. The molecule has 0 saturated heterocycles. The van der Waals surface area contributed by atoms with Gasteiger partial charge in [0.1, 0.15) is 0 Å². The van der Waals surface area contributed by atoms with Gasteiger partial charge < -0.3 is 0 Å². The molecule has 0 fully saturated rings. The second kappa shape index (κ2) is 4.18. The van der Waals surface area contributed by atoms with E-state index in [2.05, 4.69) is 15.2 Å². The van der Waals surface area contributed by atoms with Crippen LogP contribution < -0.4 is 0 Å². The zero-order chi connectivity index (χ0) is 11.5. The average Bonchev–Trinajstić information content (AvgIpc) is 2.30. The fourth-order valence-corrected chi connectivity index (χ4v) is 1.32. The van der Waals surface area contributed by atoms with Gasteiger partial charge in [-0.15, -0.1) is 5.10 Å². The lowest BCUT2D eigenvalue weighted by molar-refractivity contribution is 0.100. The van der Waals surface area contributed by atoms with Crippen molar-refractivity contribution < 1.29 is 4.79 Å². The van der Waals surface area contributed by atoms with Gasteiger partial charge in [0.25, 0.3) is 0 Å². The summed E-state index contributed by atoms with van der Waals surface area (Å²) in [4.78, 5) is 15.3. The van der Waals surface area contributed by atoms with Gasteiger partial charge in [-0.2, -0.15) is 5.10 Å². The second-order valence-electron chi connectivity index (χ2n) is 3.59. The second-order valence-corrected chi connectivity index (χ2v) is 3.59. The van der Waals surface area contributed by atoms with Crippen molar-refractivity contribution in [2.24, 2.45) is 0 Å². The van der Waals surface area contributed by atoms with Gasteiger partial charge in [-0.05, 0) is 6.92 Å². The molecule has 0 aliphatic heterocycles. The van der Waals surface area contributed by atoms with E-state index in [0.717, 1.165) is 5.56 Å². The Kier molecular flexibility index (Phi) is 2.72. The van der Waals surface area contributed by atoms with Crippen LogP contribution in [0.3, 0.4) is 0 Å². The molecular formula is C12H11N3O. The first-order valence-corrected chi connectivity index (χ1v) is 4.94. The number of ketones is 1. The standard InChI is InChI=1S/C12H11N3O/c1-8-3-5-10(6-4-8)11-7-13-15-12(14-11)9(2)16/h3-7H,1-2H3. The number of rotatable bonds is 2. The van der Waals surface area contributed by atoms with Crippen LogP contribution in [0.5, 0.6) is 0 Å². The van der Waals surface area contributed by atoms with Gasteiger partial charge in [0.15, 0.2) is 5.78 Å². The highest BCUT2D eigenvalue weighted by Crippen LogP contribution is 2.16. The lowest BCUT2D eigenvalue weighted by Crippen LogP contribution is -2.03. The number of aromatic nitrogens is 3. The number of aryl methyl sites for hydroxylation is 1. The molecule has 1 aromatic heterocycles. The highest BCUT2D eigenvalue weighted by Gasteiger charge is 2.06. The van der Waals surface area contributed by atoms with Crippen molar-refractivity contribution in [3.05, 3.63) is 41.9 Å². The molecule has 1 heterocycles. The van der Waals surface area contributed by atoms with Crippen LogP contribution in [0.1, 0.15) is 23.1 Å². The van der Waals surface area contributed by atoms with E-state index in [-0.39, 0.29) is 11.6 Å². The van der Waals surface area contributed by atoms with Gasteiger partial charge in [0.2, 0.25) is 5.82 Å². The first kappa shape index (κ1) is 10.4. The van der Waals surface area contributed by atoms with Crippen LogP contribution >= 0.6 is 0 Å². The van der Waals surface area contributed by atoms with E-state index in [1.54, 1.807) is 6.20 Å². The summed E-state index contributed by atoms with van der Waals surface area (Å²) < 4.78 is 0. The van der Waals surface area contributed by atoms with Gasteiger partial charge in [-0.1, -0.05) is 29.8 Å². The minimum absolute atomic E-state index is 0.151. The van der Waals surface area contributed by atoms with Gasteiger partial charge in [0.05, 0.1) is 11.9 Å². The maximum atomic E-state index is 11.1. The fourth-order valence-electron chi connectivity index (χ4n) is 1.32. The van der Waals surface area contributed by atoms with Crippen molar-refractivity contribution in [2.45, 2.75) is 13.8 Å². The van der Waals surface area contributed by atoms with Crippen LogP contribution in [0.4, 0.5) is 0 Å². The van der Waals surface area contributed by atoms with Gasteiger partial charge in [-0.3, -0.25) is 4.79 Å². The minimum Gasteiger partial charge on any atom is -0.291 e. The third-order valence-electron chi connectivity index (χ3n) is 2.22. The van der Waals surface area contributed by atoms with Crippen LogP contribution in [-0.4, -0.2) is 21.0 Å². The summed E-state index contributed by atoms with van der Waals surface area (Å²) >= 11 is 0. The van der Waals surface area contributed by atoms with Crippen molar-refractivity contribution in [1.29, 1.82) is 0 Å². The number of carbonyl (C=O) groups is 1. The molecule has 2 aromatic rings. The van der Waals surface area contributed by atoms with Crippen LogP contribution in [0.25, 0.3) is 11.3 Å². The Morgan fingerprint density at radius 2 is 1.88 bits per heavy atom. The average molecular weight is 213 g/mol. The van der Waals surface area contributed by atoms with E-state index in [0.29, 0.717) is 5.69 Å². The first-order valence-electron chi connectivity index (χ1n) is 4.94. The molecule has 0 spiro atoms. The first-order chi connectivity index (χ1) is 7.66. The molecule has 0 unspecified atom stereocenters. The molecule has 4 nitrogen and oxygen atoms in total. The Hall–Kier alpha value is -2.10. The van der Waals surface area contributed by atoms with Gasteiger partial charge in [0, 0.05) is 12.5 Å². The molecule has 16 heavy (non-hydrogen) atoms. The summed E-state index contributed by atoms with van der Waals surface area (Å²) in [5, 5.41) is 7.44. The van der Waals surface area contributed by atoms with E-state index in [9.17, 15) is 4.79 Å². The predicted octanol–water partition coefficient (Wildman–Crippen LogP) is 2.05. The zero-order valence-electron chi connectivity index (χ0n) is 9.14. The monoisotopic (exact) mass is 213 g/mol. The summed E-state index contributed by atoms with van der Waals surface area (Å²) in [5.74, 6) is -0.0282. The number of nitrogens with zero attached hydrogens (tertiary/aromatic N) is 3. The summed E-state index contributed by atoms with van der Waals surface area (Å²) in [6.45, 7) is 3.44. The molecule has 0 aliphatic rings. The van der Waals surface area contributed by atoms with E-state index in [1.165, 1.54) is 12.5 Å². The van der Waals surface area contributed by atoms with Crippen molar-refractivity contribution in [3.8, 4) is 11.3 Å². The van der Waals surface area contributed by atoms with Crippen LogP contribution in [-0.2, 0) is 0 Å². The Morgan fingerprint density at radius 3 is 2.50 bits per heavy atom. The van der Waals surface area contributed by atoms with E-state index < -0.39 is 0 Å². The molecule has 0 amide bonds. The van der Waals surface area contributed by atoms with Crippen molar-refractivity contribution >= 4 is 5.78 Å². The SMILES string of the molecule is CC(=O)c1nncc(-c2ccc(C)cc2)n1. The van der Waals surface area contributed by atoms with Crippen LogP contribution in [0.2, 0.25) is 0 Å².